The highest BCUT2D eigenvalue weighted by atomic mass is 32.2. The summed E-state index contributed by atoms with van der Waals surface area (Å²) in [5, 5.41) is 4.86. The van der Waals surface area contributed by atoms with Crippen LogP contribution in [-0.4, -0.2) is 27.3 Å². The van der Waals surface area contributed by atoms with Crippen molar-refractivity contribution in [1.82, 2.24) is 14.9 Å². The third-order valence-corrected chi connectivity index (χ3v) is 9.37. The molecule has 2 saturated carbocycles. The zero-order chi connectivity index (χ0) is 21.2. The SMILES string of the molecule is O=C(CSc1nc2sc3c(c2c(=O)n1C1CCCC1)CCCC3)NC1CCCCCC1. The van der Waals surface area contributed by atoms with Gasteiger partial charge >= 0.3 is 0 Å². The lowest BCUT2D eigenvalue weighted by atomic mass is 9.97. The van der Waals surface area contributed by atoms with Gasteiger partial charge in [-0.05, 0) is 56.9 Å². The molecule has 0 atom stereocenters. The standard InChI is InChI=1S/C24H33N3O2S2/c28-20(25-16-9-3-1-2-4-10-16)15-30-24-26-22-21(18-13-7-8-14-19(18)31-22)23(29)27(24)17-11-5-6-12-17/h16-17H,1-15H2,(H,25,28). The minimum Gasteiger partial charge on any atom is -0.353 e. The van der Waals surface area contributed by atoms with E-state index < -0.39 is 0 Å². The average molecular weight is 460 g/mol. The third-order valence-electron chi connectivity index (χ3n) is 7.23. The number of nitrogens with one attached hydrogen (secondary N) is 1. The zero-order valence-electron chi connectivity index (χ0n) is 18.3. The number of rotatable bonds is 5. The van der Waals surface area contributed by atoms with Gasteiger partial charge in [0, 0.05) is 17.0 Å². The highest BCUT2D eigenvalue weighted by Gasteiger charge is 2.27. The fourth-order valence-electron chi connectivity index (χ4n) is 5.61. The molecule has 5 nitrogen and oxygen atoms in total. The number of carbonyl (C=O) groups excluding carboxylic acids is 1. The summed E-state index contributed by atoms with van der Waals surface area (Å²) >= 11 is 3.16. The van der Waals surface area contributed by atoms with Crippen molar-refractivity contribution in [3.63, 3.8) is 0 Å². The van der Waals surface area contributed by atoms with Crippen molar-refractivity contribution in [3.05, 3.63) is 20.8 Å². The van der Waals surface area contributed by atoms with E-state index in [9.17, 15) is 9.59 Å². The molecule has 2 aromatic heterocycles. The smallest absolute Gasteiger partial charge is 0.263 e. The first-order chi connectivity index (χ1) is 15.2. The van der Waals surface area contributed by atoms with Crippen LogP contribution in [0.25, 0.3) is 10.2 Å². The number of amides is 1. The largest absolute Gasteiger partial charge is 0.353 e. The maximum atomic E-state index is 13.7. The van der Waals surface area contributed by atoms with Gasteiger partial charge in [0.05, 0.1) is 11.1 Å². The average Bonchev–Trinajstić information content (AvgIpc) is 3.34. The molecule has 0 bridgehead atoms. The first kappa shape index (κ1) is 21.5. The van der Waals surface area contributed by atoms with Crippen molar-refractivity contribution in [2.24, 2.45) is 0 Å². The number of hydrogen-bond donors (Lipinski definition) is 1. The van der Waals surface area contributed by atoms with Crippen LogP contribution in [0, 0.1) is 0 Å². The summed E-state index contributed by atoms with van der Waals surface area (Å²) in [4.78, 5) is 33.6. The molecule has 0 aliphatic heterocycles. The van der Waals surface area contributed by atoms with Gasteiger partial charge in [-0.25, -0.2) is 4.98 Å². The summed E-state index contributed by atoms with van der Waals surface area (Å²) in [5.74, 6) is 0.418. The molecule has 0 spiro atoms. The van der Waals surface area contributed by atoms with Crippen LogP contribution in [0.2, 0.25) is 0 Å². The molecular weight excluding hydrogens is 426 g/mol. The van der Waals surface area contributed by atoms with Gasteiger partial charge in [-0.1, -0.05) is 50.3 Å². The fraction of sp³-hybridized carbons (Fsp3) is 0.708. The Morgan fingerprint density at radius 1 is 1.00 bits per heavy atom. The first-order valence-electron chi connectivity index (χ1n) is 12.2. The lowest BCUT2D eigenvalue weighted by Gasteiger charge is -2.19. The van der Waals surface area contributed by atoms with Gasteiger partial charge in [0.15, 0.2) is 5.16 Å². The van der Waals surface area contributed by atoms with E-state index in [4.69, 9.17) is 4.98 Å². The van der Waals surface area contributed by atoms with Crippen LogP contribution >= 0.6 is 23.1 Å². The molecule has 3 aliphatic carbocycles. The Kier molecular flexibility index (Phi) is 6.70. The second-order valence-electron chi connectivity index (χ2n) is 9.44. The van der Waals surface area contributed by atoms with Gasteiger partial charge in [0.25, 0.3) is 5.56 Å². The molecule has 0 radical (unpaired) electrons. The van der Waals surface area contributed by atoms with E-state index in [1.807, 2.05) is 4.57 Å². The number of fused-ring (bicyclic) bond motifs is 3. The molecule has 0 saturated heterocycles. The van der Waals surface area contributed by atoms with Gasteiger partial charge in [0.1, 0.15) is 4.83 Å². The van der Waals surface area contributed by atoms with E-state index in [0.29, 0.717) is 11.8 Å². The van der Waals surface area contributed by atoms with Crippen molar-refractivity contribution in [1.29, 1.82) is 0 Å². The summed E-state index contributed by atoms with van der Waals surface area (Å²) in [6.45, 7) is 0. The van der Waals surface area contributed by atoms with Crippen LogP contribution in [0.4, 0.5) is 0 Å². The molecule has 5 rings (SSSR count). The molecule has 1 amide bonds. The number of aryl methyl sites for hydroxylation is 2. The van der Waals surface area contributed by atoms with E-state index in [-0.39, 0.29) is 17.5 Å². The summed E-state index contributed by atoms with van der Waals surface area (Å²) in [5.41, 5.74) is 1.40. The number of thioether (sulfide) groups is 1. The van der Waals surface area contributed by atoms with Gasteiger partial charge < -0.3 is 5.32 Å². The molecule has 1 N–H and O–H groups in total. The third kappa shape index (κ3) is 4.58. The lowest BCUT2D eigenvalue weighted by molar-refractivity contribution is -0.119. The zero-order valence-corrected chi connectivity index (χ0v) is 19.9. The normalized spacial score (nSPS) is 20.6. The van der Waals surface area contributed by atoms with Crippen LogP contribution < -0.4 is 10.9 Å². The minimum atomic E-state index is 0.0784. The lowest BCUT2D eigenvalue weighted by Crippen LogP contribution is -2.36. The van der Waals surface area contributed by atoms with E-state index in [1.165, 1.54) is 73.6 Å². The summed E-state index contributed by atoms with van der Waals surface area (Å²) in [7, 11) is 0. The molecule has 0 unspecified atom stereocenters. The maximum Gasteiger partial charge on any atom is 0.263 e. The predicted molar refractivity (Wildman–Crippen MR) is 128 cm³/mol. The highest BCUT2D eigenvalue weighted by molar-refractivity contribution is 7.99. The van der Waals surface area contributed by atoms with Crippen LogP contribution in [-0.2, 0) is 17.6 Å². The Bertz CT molecular complexity index is 998. The second kappa shape index (κ2) is 9.65. The molecule has 2 aromatic rings. The number of hydrogen-bond acceptors (Lipinski definition) is 5. The monoisotopic (exact) mass is 459 g/mol. The Morgan fingerprint density at radius 3 is 2.48 bits per heavy atom. The highest BCUT2D eigenvalue weighted by Crippen LogP contribution is 2.37. The predicted octanol–water partition coefficient (Wildman–Crippen LogP) is 5.38. The van der Waals surface area contributed by atoms with Gasteiger partial charge in [-0.2, -0.15) is 0 Å². The number of carbonyl (C=O) groups is 1. The second-order valence-corrected chi connectivity index (χ2v) is 11.5. The topological polar surface area (TPSA) is 64.0 Å². The van der Waals surface area contributed by atoms with Crippen LogP contribution in [0.15, 0.2) is 9.95 Å². The van der Waals surface area contributed by atoms with E-state index in [0.717, 1.165) is 53.9 Å². The number of nitrogens with zero attached hydrogens (tertiary/aromatic N) is 2. The van der Waals surface area contributed by atoms with Crippen molar-refractivity contribution in [2.75, 3.05) is 5.75 Å². The molecule has 3 aliphatic rings. The minimum absolute atomic E-state index is 0.0784. The number of thiophene rings is 1. The molecule has 2 fully saturated rings. The Morgan fingerprint density at radius 2 is 1.71 bits per heavy atom. The van der Waals surface area contributed by atoms with E-state index in [2.05, 4.69) is 5.32 Å². The summed E-state index contributed by atoms with van der Waals surface area (Å²) in [6.07, 6.45) is 16.0. The summed E-state index contributed by atoms with van der Waals surface area (Å²) < 4.78 is 1.96. The maximum absolute atomic E-state index is 13.7. The van der Waals surface area contributed by atoms with Crippen LogP contribution in [0.1, 0.15) is 93.5 Å². The van der Waals surface area contributed by atoms with Gasteiger partial charge in [-0.15, -0.1) is 11.3 Å². The van der Waals surface area contributed by atoms with Crippen molar-refractivity contribution >= 4 is 39.2 Å². The van der Waals surface area contributed by atoms with E-state index in [1.54, 1.807) is 11.3 Å². The molecule has 168 valence electrons. The van der Waals surface area contributed by atoms with Gasteiger partial charge in [-0.3, -0.25) is 14.2 Å². The Hall–Kier alpha value is -1.34. The first-order valence-corrected chi connectivity index (χ1v) is 14.0. The van der Waals surface area contributed by atoms with Gasteiger partial charge in [0.2, 0.25) is 5.91 Å². The fourth-order valence-corrected chi connectivity index (χ4v) is 7.79. The number of aromatic nitrogens is 2. The molecule has 0 aromatic carbocycles. The molecule has 31 heavy (non-hydrogen) atoms. The van der Waals surface area contributed by atoms with Crippen LogP contribution in [0.5, 0.6) is 0 Å². The van der Waals surface area contributed by atoms with Crippen LogP contribution in [0.3, 0.4) is 0 Å². The van der Waals surface area contributed by atoms with E-state index >= 15 is 0 Å². The molecule has 2 heterocycles. The summed E-state index contributed by atoms with van der Waals surface area (Å²) in [6, 6.07) is 0.544. The van der Waals surface area contributed by atoms with Crippen molar-refractivity contribution in [2.45, 2.75) is 107 Å². The van der Waals surface area contributed by atoms with Crippen molar-refractivity contribution < 1.29 is 4.79 Å². The Labute approximate surface area is 192 Å². The Balaban J connectivity index is 1.41. The van der Waals surface area contributed by atoms with Crippen molar-refractivity contribution in [3.8, 4) is 0 Å². The molecule has 7 heteroatoms. The molecular formula is C24H33N3O2S2. The quantitative estimate of drug-likeness (QED) is 0.370.